The SMILES string of the molecule is N#CC1CN(C(=O)CNC(=O)c2c[nH]c3ncc(C4C=CC=CC4)nc23)C1. The Hall–Kier alpha value is -3.47. The zero-order valence-electron chi connectivity index (χ0n) is 14.6. The van der Waals surface area contributed by atoms with Gasteiger partial charge in [0.1, 0.15) is 5.52 Å². The predicted octanol–water partition coefficient (Wildman–Crippen LogP) is 1.27. The van der Waals surface area contributed by atoms with E-state index in [0.717, 1.165) is 12.1 Å². The van der Waals surface area contributed by atoms with Crippen LogP contribution in [-0.4, -0.2) is 51.3 Å². The molecule has 1 saturated heterocycles. The van der Waals surface area contributed by atoms with Gasteiger partial charge in [-0.05, 0) is 6.42 Å². The largest absolute Gasteiger partial charge is 0.344 e. The molecule has 1 fully saturated rings. The van der Waals surface area contributed by atoms with Crippen molar-refractivity contribution in [2.75, 3.05) is 19.6 Å². The first kappa shape index (κ1) is 17.0. The molecule has 1 atom stereocenters. The minimum absolute atomic E-state index is 0.101. The molecule has 0 saturated carbocycles. The molecule has 3 heterocycles. The molecule has 0 aromatic carbocycles. The Morgan fingerprint density at radius 3 is 2.96 bits per heavy atom. The maximum absolute atomic E-state index is 12.5. The number of nitrogens with one attached hydrogen (secondary N) is 2. The molecular formula is C19H18N6O2. The molecule has 136 valence electrons. The van der Waals surface area contributed by atoms with Crippen LogP contribution in [0.2, 0.25) is 0 Å². The molecule has 8 nitrogen and oxygen atoms in total. The minimum Gasteiger partial charge on any atom is -0.344 e. The number of fused-ring (bicyclic) bond motifs is 1. The second kappa shape index (κ2) is 7.03. The summed E-state index contributed by atoms with van der Waals surface area (Å²) in [5, 5.41) is 11.4. The standard InChI is InChI=1S/C19H18N6O2/c20-6-12-10-25(11-12)16(26)9-23-19(27)14-7-21-18-17(14)24-15(8-22-18)13-4-2-1-3-5-13/h1-4,7-8,12-13H,5,9-11H2,(H,21,22)(H,23,27). The molecule has 2 aromatic rings. The van der Waals surface area contributed by atoms with Gasteiger partial charge < -0.3 is 15.2 Å². The Kier molecular flexibility index (Phi) is 4.42. The smallest absolute Gasteiger partial charge is 0.255 e. The summed E-state index contributed by atoms with van der Waals surface area (Å²) >= 11 is 0. The number of carbonyl (C=O) groups excluding carboxylic acids is 2. The number of amides is 2. The fourth-order valence-electron chi connectivity index (χ4n) is 3.18. The number of allylic oxidation sites excluding steroid dienone is 4. The van der Waals surface area contributed by atoms with E-state index in [9.17, 15) is 9.59 Å². The number of rotatable bonds is 4. The van der Waals surface area contributed by atoms with E-state index in [1.165, 1.54) is 0 Å². The molecule has 0 bridgehead atoms. The van der Waals surface area contributed by atoms with Gasteiger partial charge in [0, 0.05) is 25.2 Å². The second-order valence-corrected chi connectivity index (χ2v) is 6.66. The van der Waals surface area contributed by atoms with Crippen LogP contribution in [0.4, 0.5) is 0 Å². The van der Waals surface area contributed by atoms with Crippen molar-refractivity contribution >= 4 is 23.0 Å². The zero-order valence-corrected chi connectivity index (χ0v) is 14.6. The van der Waals surface area contributed by atoms with E-state index >= 15 is 0 Å². The zero-order chi connectivity index (χ0) is 18.8. The molecule has 0 spiro atoms. The topological polar surface area (TPSA) is 115 Å². The Bertz CT molecular complexity index is 993. The lowest BCUT2D eigenvalue weighted by atomic mass is 9.98. The fraction of sp³-hybridized carbons (Fsp3) is 0.316. The number of nitrogens with zero attached hydrogens (tertiary/aromatic N) is 4. The number of aromatic amines is 1. The van der Waals surface area contributed by atoms with Crippen molar-refractivity contribution in [3.05, 3.63) is 48.0 Å². The maximum Gasteiger partial charge on any atom is 0.255 e. The van der Waals surface area contributed by atoms with E-state index in [4.69, 9.17) is 5.26 Å². The average Bonchev–Trinajstić information content (AvgIpc) is 3.09. The van der Waals surface area contributed by atoms with Crippen LogP contribution in [0.25, 0.3) is 11.2 Å². The van der Waals surface area contributed by atoms with Crippen LogP contribution < -0.4 is 5.32 Å². The molecule has 1 aliphatic heterocycles. The van der Waals surface area contributed by atoms with Crippen LogP contribution in [0, 0.1) is 17.2 Å². The number of hydrogen-bond donors (Lipinski definition) is 2. The maximum atomic E-state index is 12.5. The Morgan fingerprint density at radius 1 is 1.37 bits per heavy atom. The number of hydrogen-bond acceptors (Lipinski definition) is 5. The highest BCUT2D eigenvalue weighted by Gasteiger charge is 2.30. The van der Waals surface area contributed by atoms with Crippen molar-refractivity contribution in [1.82, 2.24) is 25.2 Å². The highest BCUT2D eigenvalue weighted by molar-refractivity contribution is 6.05. The molecule has 0 radical (unpaired) electrons. The number of nitriles is 1. The van der Waals surface area contributed by atoms with Crippen LogP contribution in [0.15, 0.2) is 36.7 Å². The Morgan fingerprint density at radius 2 is 2.22 bits per heavy atom. The van der Waals surface area contributed by atoms with Gasteiger partial charge in [0.05, 0.1) is 36.0 Å². The molecule has 8 heteroatoms. The first-order valence-corrected chi connectivity index (χ1v) is 8.78. The van der Waals surface area contributed by atoms with Crippen molar-refractivity contribution in [2.45, 2.75) is 12.3 Å². The van der Waals surface area contributed by atoms with Gasteiger partial charge in [-0.1, -0.05) is 24.3 Å². The molecule has 2 amide bonds. The van der Waals surface area contributed by atoms with Crippen molar-refractivity contribution < 1.29 is 9.59 Å². The van der Waals surface area contributed by atoms with E-state index in [1.807, 2.05) is 12.2 Å². The molecule has 1 aliphatic carbocycles. The summed E-state index contributed by atoms with van der Waals surface area (Å²) in [5.74, 6) is -0.535. The van der Waals surface area contributed by atoms with Crippen LogP contribution >= 0.6 is 0 Å². The van der Waals surface area contributed by atoms with Crippen LogP contribution in [0.1, 0.15) is 28.4 Å². The fourth-order valence-corrected chi connectivity index (χ4v) is 3.18. The molecule has 27 heavy (non-hydrogen) atoms. The molecule has 2 aromatic heterocycles. The third-order valence-corrected chi connectivity index (χ3v) is 4.82. The van der Waals surface area contributed by atoms with Gasteiger partial charge in [-0.2, -0.15) is 5.26 Å². The van der Waals surface area contributed by atoms with Crippen molar-refractivity contribution in [2.24, 2.45) is 5.92 Å². The van der Waals surface area contributed by atoms with E-state index in [0.29, 0.717) is 29.8 Å². The van der Waals surface area contributed by atoms with E-state index < -0.39 is 0 Å². The lowest BCUT2D eigenvalue weighted by molar-refractivity contribution is -0.135. The van der Waals surface area contributed by atoms with Gasteiger partial charge in [0.15, 0.2) is 5.65 Å². The summed E-state index contributed by atoms with van der Waals surface area (Å²) in [6.45, 7) is 0.750. The van der Waals surface area contributed by atoms with Crippen molar-refractivity contribution in [3.63, 3.8) is 0 Å². The lowest BCUT2D eigenvalue weighted by Gasteiger charge is -2.35. The van der Waals surface area contributed by atoms with Gasteiger partial charge in [-0.15, -0.1) is 0 Å². The van der Waals surface area contributed by atoms with Crippen molar-refractivity contribution in [1.29, 1.82) is 5.26 Å². The van der Waals surface area contributed by atoms with Crippen molar-refractivity contribution in [3.8, 4) is 6.07 Å². The summed E-state index contributed by atoms with van der Waals surface area (Å²) < 4.78 is 0. The number of aromatic nitrogens is 3. The highest BCUT2D eigenvalue weighted by atomic mass is 16.2. The summed E-state index contributed by atoms with van der Waals surface area (Å²) in [6.07, 6.45) is 12.2. The normalized spacial score (nSPS) is 18.9. The van der Waals surface area contributed by atoms with Gasteiger partial charge in [0.25, 0.3) is 5.91 Å². The molecular weight excluding hydrogens is 344 g/mol. The van der Waals surface area contributed by atoms with Gasteiger partial charge in [-0.3, -0.25) is 9.59 Å². The van der Waals surface area contributed by atoms with Crippen LogP contribution in [0.5, 0.6) is 0 Å². The first-order valence-electron chi connectivity index (χ1n) is 8.78. The van der Waals surface area contributed by atoms with Gasteiger partial charge in [-0.25, -0.2) is 9.97 Å². The quantitative estimate of drug-likeness (QED) is 0.850. The lowest BCUT2D eigenvalue weighted by Crippen LogP contribution is -2.52. The van der Waals surface area contributed by atoms with Crippen LogP contribution in [0.3, 0.4) is 0 Å². The monoisotopic (exact) mass is 362 g/mol. The van der Waals surface area contributed by atoms with Crippen LogP contribution in [-0.2, 0) is 4.79 Å². The molecule has 4 rings (SSSR count). The van der Waals surface area contributed by atoms with Gasteiger partial charge in [0.2, 0.25) is 5.91 Å². The Balaban J connectivity index is 1.45. The minimum atomic E-state index is -0.377. The first-order chi connectivity index (χ1) is 13.2. The average molecular weight is 362 g/mol. The second-order valence-electron chi connectivity index (χ2n) is 6.66. The third kappa shape index (κ3) is 3.31. The highest BCUT2D eigenvalue weighted by Crippen LogP contribution is 2.24. The van der Waals surface area contributed by atoms with Gasteiger partial charge >= 0.3 is 0 Å². The molecule has 2 aliphatic rings. The van der Waals surface area contributed by atoms with E-state index in [1.54, 1.807) is 17.3 Å². The molecule has 2 N–H and O–H groups in total. The third-order valence-electron chi connectivity index (χ3n) is 4.82. The summed E-state index contributed by atoms with van der Waals surface area (Å²) in [5.41, 5.74) is 2.19. The Labute approximate surface area is 155 Å². The number of carbonyl (C=O) groups is 2. The predicted molar refractivity (Wildman–Crippen MR) is 97.5 cm³/mol. The van der Waals surface area contributed by atoms with E-state index in [2.05, 4.69) is 38.5 Å². The summed E-state index contributed by atoms with van der Waals surface area (Å²) in [6, 6.07) is 2.12. The van der Waals surface area contributed by atoms with E-state index in [-0.39, 0.29) is 30.2 Å². The number of likely N-dealkylation sites (tertiary alicyclic amines) is 1. The summed E-state index contributed by atoms with van der Waals surface area (Å²) in [7, 11) is 0. The number of H-pyrrole nitrogens is 1. The summed E-state index contributed by atoms with van der Waals surface area (Å²) in [4.78, 5) is 38.0. The molecule has 1 unspecified atom stereocenters.